The van der Waals surface area contributed by atoms with E-state index in [4.69, 9.17) is 5.73 Å². The standard InChI is InChI=1S/C17H26N2O.ClH/c1-13(2)19(12-14-7-4-3-5-8-14)17(20)15-9-6-10-16(18)11-15;/h3-5,7-8,13,15-16H,6,9-12,18H2,1-2H3;1H. The number of halogens is 1. The van der Waals surface area contributed by atoms with Gasteiger partial charge >= 0.3 is 0 Å². The van der Waals surface area contributed by atoms with Crippen LogP contribution >= 0.6 is 12.4 Å². The number of benzene rings is 1. The van der Waals surface area contributed by atoms with Crippen molar-refractivity contribution in [2.45, 2.75) is 58.2 Å². The zero-order valence-corrected chi connectivity index (χ0v) is 13.8. The van der Waals surface area contributed by atoms with Gasteiger partial charge in [-0.25, -0.2) is 0 Å². The Morgan fingerprint density at radius 3 is 2.52 bits per heavy atom. The molecule has 2 rings (SSSR count). The van der Waals surface area contributed by atoms with Gasteiger partial charge in [0.05, 0.1) is 0 Å². The molecule has 0 radical (unpaired) electrons. The fourth-order valence-electron chi connectivity index (χ4n) is 2.98. The summed E-state index contributed by atoms with van der Waals surface area (Å²) in [6, 6.07) is 10.6. The van der Waals surface area contributed by atoms with Gasteiger partial charge < -0.3 is 10.6 Å². The Morgan fingerprint density at radius 1 is 1.29 bits per heavy atom. The summed E-state index contributed by atoms with van der Waals surface area (Å²) in [5.74, 6) is 0.392. The second kappa shape index (κ2) is 8.40. The van der Waals surface area contributed by atoms with Crippen LogP contribution in [0.25, 0.3) is 0 Å². The predicted molar refractivity (Wildman–Crippen MR) is 89.3 cm³/mol. The van der Waals surface area contributed by atoms with E-state index in [0.29, 0.717) is 6.54 Å². The van der Waals surface area contributed by atoms with Crippen molar-refractivity contribution in [3.63, 3.8) is 0 Å². The highest BCUT2D eigenvalue weighted by atomic mass is 35.5. The second-order valence-corrected chi connectivity index (χ2v) is 6.17. The van der Waals surface area contributed by atoms with Gasteiger partial charge in [0.25, 0.3) is 0 Å². The van der Waals surface area contributed by atoms with Crippen LogP contribution in [0.3, 0.4) is 0 Å². The highest BCUT2D eigenvalue weighted by Gasteiger charge is 2.30. The van der Waals surface area contributed by atoms with Crippen LogP contribution in [0, 0.1) is 5.92 Å². The molecule has 0 aliphatic heterocycles. The Balaban J connectivity index is 0.00000220. The number of hydrogen-bond donors (Lipinski definition) is 1. The first-order chi connectivity index (χ1) is 9.58. The zero-order valence-electron chi connectivity index (χ0n) is 13.0. The van der Waals surface area contributed by atoms with Crippen LogP contribution in [0.15, 0.2) is 30.3 Å². The molecule has 4 heteroatoms. The lowest BCUT2D eigenvalue weighted by molar-refractivity contribution is -0.139. The van der Waals surface area contributed by atoms with Crippen LogP contribution < -0.4 is 5.73 Å². The van der Waals surface area contributed by atoms with Crippen molar-refractivity contribution in [3.05, 3.63) is 35.9 Å². The molecule has 0 saturated heterocycles. The fourth-order valence-corrected chi connectivity index (χ4v) is 2.98. The lowest BCUT2D eigenvalue weighted by Crippen LogP contribution is -2.43. The number of rotatable bonds is 4. The minimum Gasteiger partial charge on any atom is -0.336 e. The normalized spacial score (nSPS) is 21.7. The third-order valence-electron chi connectivity index (χ3n) is 4.17. The fraction of sp³-hybridized carbons (Fsp3) is 0.588. The van der Waals surface area contributed by atoms with Gasteiger partial charge in [0.2, 0.25) is 5.91 Å². The largest absolute Gasteiger partial charge is 0.336 e. The molecule has 118 valence electrons. The first-order valence-corrected chi connectivity index (χ1v) is 7.68. The second-order valence-electron chi connectivity index (χ2n) is 6.17. The maximum absolute atomic E-state index is 12.8. The summed E-state index contributed by atoms with van der Waals surface area (Å²) in [4.78, 5) is 14.8. The predicted octanol–water partition coefficient (Wildman–Crippen LogP) is 3.36. The average Bonchev–Trinajstić information content (AvgIpc) is 2.45. The van der Waals surface area contributed by atoms with Crippen LogP contribution in [0.2, 0.25) is 0 Å². The zero-order chi connectivity index (χ0) is 14.5. The van der Waals surface area contributed by atoms with Crippen molar-refractivity contribution in [2.75, 3.05) is 0 Å². The highest BCUT2D eigenvalue weighted by Crippen LogP contribution is 2.26. The molecule has 0 heterocycles. The molecule has 1 aromatic carbocycles. The summed E-state index contributed by atoms with van der Waals surface area (Å²) in [5, 5.41) is 0. The lowest BCUT2D eigenvalue weighted by Gasteiger charge is -2.34. The third-order valence-corrected chi connectivity index (χ3v) is 4.17. The molecule has 1 aliphatic carbocycles. The maximum atomic E-state index is 12.8. The summed E-state index contributed by atoms with van der Waals surface area (Å²) in [6.07, 6.45) is 3.97. The van der Waals surface area contributed by atoms with E-state index in [2.05, 4.69) is 26.0 Å². The smallest absolute Gasteiger partial charge is 0.226 e. The van der Waals surface area contributed by atoms with Gasteiger partial charge in [-0.1, -0.05) is 36.8 Å². The summed E-state index contributed by atoms with van der Waals surface area (Å²) < 4.78 is 0. The Kier molecular flexibility index (Phi) is 7.20. The number of carbonyl (C=O) groups excluding carboxylic acids is 1. The Bertz CT molecular complexity index is 436. The minimum atomic E-state index is 0. The van der Waals surface area contributed by atoms with E-state index >= 15 is 0 Å². The molecule has 1 saturated carbocycles. The van der Waals surface area contributed by atoms with Crippen molar-refractivity contribution in [2.24, 2.45) is 11.7 Å². The Labute approximate surface area is 134 Å². The minimum absolute atomic E-state index is 0. The first kappa shape index (κ1) is 18.0. The van der Waals surface area contributed by atoms with Gasteiger partial charge in [-0.3, -0.25) is 4.79 Å². The third kappa shape index (κ3) is 5.01. The van der Waals surface area contributed by atoms with Gasteiger partial charge in [-0.05, 0) is 38.7 Å². The van der Waals surface area contributed by atoms with E-state index in [0.717, 1.165) is 25.7 Å². The average molecular weight is 311 g/mol. The van der Waals surface area contributed by atoms with E-state index in [-0.39, 0.29) is 36.3 Å². The van der Waals surface area contributed by atoms with E-state index in [1.54, 1.807) is 0 Å². The Morgan fingerprint density at radius 2 is 1.95 bits per heavy atom. The molecule has 3 nitrogen and oxygen atoms in total. The molecule has 2 unspecified atom stereocenters. The molecule has 1 fully saturated rings. The molecule has 1 amide bonds. The van der Waals surface area contributed by atoms with Gasteiger partial charge in [0.15, 0.2) is 0 Å². The monoisotopic (exact) mass is 310 g/mol. The van der Waals surface area contributed by atoms with Crippen LogP contribution in [-0.2, 0) is 11.3 Å². The van der Waals surface area contributed by atoms with E-state index in [1.807, 2.05) is 23.1 Å². The molecule has 0 spiro atoms. The molecular formula is C17H27ClN2O. The van der Waals surface area contributed by atoms with Crippen molar-refractivity contribution in [1.82, 2.24) is 4.90 Å². The molecule has 21 heavy (non-hydrogen) atoms. The quantitative estimate of drug-likeness (QED) is 0.927. The van der Waals surface area contributed by atoms with Gasteiger partial charge in [-0.15, -0.1) is 12.4 Å². The SMILES string of the molecule is CC(C)N(Cc1ccccc1)C(=O)C1CCCC(N)C1.Cl. The molecule has 2 atom stereocenters. The Hall–Kier alpha value is -1.06. The van der Waals surface area contributed by atoms with Gasteiger partial charge in [0, 0.05) is 24.5 Å². The molecule has 0 aromatic heterocycles. The molecule has 1 aromatic rings. The van der Waals surface area contributed by atoms with Crippen molar-refractivity contribution in [1.29, 1.82) is 0 Å². The van der Waals surface area contributed by atoms with Crippen LogP contribution in [0.1, 0.15) is 45.1 Å². The number of nitrogens with zero attached hydrogens (tertiary/aromatic N) is 1. The topological polar surface area (TPSA) is 46.3 Å². The highest BCUT2D eigenvalue weighted by molar-refractivity contribution is 5.85. The van der Waals surface area contributed by atoms with E-state index < -0.39 is 0 Å². The number of carbonyl (C=O) groups is 1. The maximum Gasteiger partial charge on any atom is 0.226 e. The summed E-state index contributed by atoms with van der Waals surface area (Å²) in [7, 11) is 0. The van der Waals surface area contributed by atoms with Crippen LogP contribution in [0.4, 0.5) is 0 Å². The first-order valence-electron chi connectivity index (χ1n) is 7.68. The van der Waals surface area contributed by atoms with E-state index in [1.165, 1.54) is 5.56 Å². The van der Waals surface area contributed by atoms with Crippen molar-refractivity contribution >= 4 is 18.3 Å². The summed E-state index contributed by atoms with van der Waals surface area (Å²) in [6.45, 7) is 4.87. The van der Waals surface area contributed by atoms with Crippen LogP contribution in [0.5, 0.6) is 0 Å². The van der Waals surface area contributed by atoms with Crippen molar-refractivity contribution < 1.29 is 4.79 Å². The van der Waals surface area contributed by atoms with Crippen LogP contribution in [-0.4, -0.2) is 22.9 Å². The van der Waals surface area contributed by atoms with Gasteiger partial charge in [0.1, 0.15) is 0 Å². The van der Waals surface area contributed by atoms with Gasteiger partial charge in [-0.2, -0.15) is 0 Å². The molecule has 1 aliphatic rings. The molecule has 0 bridgehead atoms. The van der Waals surface area contributed by atoms with Crippen molar-refractivity contribution in [3.8, 4) is 0 Å². The number of nitrogens with two attached hydrogens (primary N) is 1. The number of amides is 1. The number of hydrogen-bond acceptors (Lipinski definition) is 2. The molecular weight excluding hydrogens is 284 g/mol. The van der Waals surface area contributed by atoms with E-state index in [9.17, 15) is 4.79 Å². The summed E-state index contributed by atoms with van der Waals surface area (Å²) >= 11 is 0. The lowest BCUT2D eigenvalue weighted by atomic mass is 9.85. The summed E-state index contributed by atoms with van der Waals surface area (Å²) in [5.41, 5.74) is 7.21. The molecule has 2 N–H and O–H groups in total.